The number of hydrogen-bond acceptors (Lipinski definition) is 3. The number of carbonyl (C=O) groups is 1. The van der Waals surface area contributed by atoms with Gasteiger partial charge in [0.1, 0.15) is 6.61 Å². The number of ether oxygens (including phenoxy) is 2. The highest BCUT2D eigenvalue weighted by Crippen LogP contribution is 2.42. The molecule has 0 heterocycles. The number of carbonyl (C=O) groups excluding carboxylic acids is 1. The fourth-order valence-corrected chi connectivity index (χ4v) is 3.01. The van der Waals surface area contributed by atoms with Gasteiger partial charge >= 0.3 is 0 Å². The summed E-state index contributed by atoms with van der Waals surface area (Å²) in [5.41, 5.74) is 1.32. The number of hydrogen-bond donors (Lipinski definition) is 0. The van der Waals surface area contributed by atoms with Crippen LogP contribution in [0.15, 0.2) is 33.2 Å². The Balaban J connectivity index is 2.30. The number of rotatable bonds is 5. The molecule has 0 atom stereocenters. The van der Waals surface area contributed by atoms with Crippen LogP contribution in [0.4, 0.5) is 0 Å². The summed E-state index contributed by atoms with van der Waals surface area (Å²) in [5.74, 6) is 0.947. The first kappa shape index (κ1) is 17.6. The first-order chi connectivity index (χ1) is 10.5. The van der Waals surface area contributed by atoms with Crippen molar-refractivity contribution < 1.29 is 14.3 Å². The van der Waals surface area contributed by atoms with Gasteiger partial charge in [-0.2, -0.15) is 0 Å². The van der Waals surface area contributed by atoms with E-state index in [0.717, 1.165) is 11.8 Å². The van der Waals surface area contributed by atoms with Crippen molar-refractivity contribution in [2.45, 2.75) is 6.61 Å². The van der Waals surface area contributed by atoms with Crippen molar-refractivity contribution in [3.8, 4) is 11.5 Å². The van der Waals surface area contributed by atoms with Crippen LogP contribution in [0.5, 0.6) is 11.5 Å². The molecule has 0 aliphatic heterocycles. The summed E-state index contributed by atoms with van der Waals surface area (Å²) in [5, 5.41) is 0.952. The molecule has 116 valence electrons. The Hall–Kier alpha value is -0.750. The summed E-state index contributed by atoms with van der Waals surface area (Å²) < 4.78 is 12.3. The maximum Gasteiger partial charge on any atom is 0.177 e. The topological polar surface area (TPSA) is 35.5 Å². The Bertz CT molecular complexity index is 720. The molecule has 0 aromatic heterocycles. The third-order valence-electron chi connectivity index (χ3n) is 2.87. The van der Waals surface area contributed by atoms with Gasteiger partial charge in [-0.1, -0.05) is 29.3 Å². The molecule has 2 rings (SSSR count). The molecule has 0 amide bonds. The van der Waals surface area contributed by atoms with Gasteiger partial charge in [0, 0.05) is 10.0 Å². The Morgan fingerprint density at radius 1 is 1.14 bits per heavy atom. The molecule has 0 aliphatic rings. The van der Waals surface area contributed by atoms with Crippen LogP contribution in [0.3, 0.4) is 0 Å². The molecule has 0 saturated carbocycles. The molecule has 2 aromatic carbocycles. The fraction of sp³-hybridized carbons (Fsp3) is 0.133. The highest BCUT2D eigenvalue weighted by atomic mass is 79.9. The zero-order valence-corrected chi connectivity index (χ0v) is 16.0. The molecule has 2 aromatic rings. The molecule has 0 N–H and O–H groups in total. The average Bonchev–Trinajstić information content (AvgIpc) is 2.52. The second-order valence-corrected chi connectivity index (χ2v) is 6.68. The molecule has 0 spiro atoms. The van der Waals surface area contributed by atoms with Crippen molar-refractivity contribution in [2.75, 3.05) is 7.11 Å². The van der Waals surface area contributed by atoms with Crippen molar-refractivity contribution in [3.05, 3.63) is 54.4 Å². The van der Waals surface area contributed by atoms with E-state index < -0.39 is 0 Å². The summed E-state index contributed by atoms with van der Waals surface area (Å²) in [7, 11) is 1.51. The number of methoxy groups -OCH3 is 1. The normalized spacial score (nSPS) is 10.4. The van der Waals surface area contributed by atoms with Gasteiger partial charge in [-0.25, -0.2) is 0 Å². The summed E-state index contributed by atoms with van der Waals surface area (Å²) in [4.78, 5) is 11.0. The van der Waals surface area contributed by atoms with Crippen molar-refractivity contribution in [2.24, 2.45) is 0 Å². The monoisotopic (exact) mass is 466 g/mol. The zero-order chi connectivity index (χ0) is 16.3. The van der Waals surface area contributed by atoms with Gasteiger partial charge < -0.3 is 9.47 Å². The van der Waals surface area contributed by atoms with E-state index in [0.29, 0.717) is 36.1 Å². The van der Waals surface area contributed by atoms with E-state index in [-0.39, 0.29) is 6.61 Å². The van der Waals surface area contributed by atoms with Crippen LogP contribution >= 0.6 is 55.1 Å². The lowest BCUT2D eigenvalue weighted by atomic mass is 10.2. The maximum absolute atomic E-state index is 11.0. The lowest BCUT2D eigenvalue weighted by molar-refractivity contribution is 0.112. The van der Waals surface area contributed by atoms with Gasteiger partial charge in [0.2, 0.25) is 0 Å². The molecule has 0 fully saturated rings. The Kier molecular flexibility index (Phi) is 6.15. The van der Waals surface area contributed by atoms with E-state index in [1.165, 1.54) is 7.11 Å². The third kappa shape index (κ3) is 3.77. The zero-order valence-electron chi connectivity index (χ0n) is 11.3. The van der Waals surface area contributed by atoms with E-state index in [4.69, 9.17) is 32.7 Å². The SMILES string of the molecule is COc1cc(C=O)c(Br)c(Br)c1OCc1ccc(Cl)c(Cl)c1. The lowest BCUT2D eigenvalue weighted by Gasteiger charge is -2.15. The molecular weight excluding hydrogens is 459 g/mol. The van der Waals surface area contributed by atoms with E-state index >= 15 is 0 Å². The molecule has 0 radical (unpaired) electrons. The van der Waals surface area contributed by atoms with Gasteiger partial charge in [-0.05, 0) is 55.6 Å². The molecule has 3 nitrogen and oxygen atoms in total. The van der Waals surface area contributed by atoms with E-state index in [2.05, 4.69) is 31.9 Å². The molecular formula is C15H10Br2Cl2O3. The van der Waals surface area contributed by atoms with Crippen molar-refractivity contribution in [3.63, 3.8) is 0 Å². The van der Waals surface area contributed by atoms with E-state index in [1.54, 1.807) is 18.2 Å². The van der Waals surface area contributed by atoms with Crippen LogP contribution in [-0.4, -0.2) is 13.4 Å². The predicted molar refractivity (Wildman–Crippen MR) is 94.6 cm³/mol. The van der Waals surface area contributed by atoms with Crippen LogP contribution in [0.2, 0.25) is 10.0 Å². The highest BCUT2D eigenvalue weighted by Gasteiger charge is 2.17. The summed E-state index contributed by atoms with van der Waals surface area (Å²) in [6.07, 6.45) is 0.736. The first-order valence-corrected chi connectivity index (χ1v) is 8.40. The summed E-state index contributed by atoms with van der Waals surface area (Å²) >= 11 is 18.6. The molecule has 0 aliphatic carbocycles. The molecule has 0 saturated heterocycles. The third-order valence-corrected chi connectivity index (χ3v) is 5.75. The Morgan fingerprint density at radius 3 is 2.45 bits per heavy atom. The van der Waals surface area contributed by atoms with Gasteiger partial charge in [-0.15, -0.1) is 0 Å². The minimum atomic E-state index is 0.277. The molecule has 22 heavy (non-hydrogen) atoms. The van der Waals surface area contributed by atoms with Crippen LogP contribution in [0, 0.1) is 0 Å². The largest absolute Gasteiger partial charge is 0.493 e. The van der Waals surface area contributed by atoms with Crippen LogP contribution in [0.1, 0.15) is 15.9 Å². The average molecular weight is 469 g/mol. The minimum Gasteiger partial charge on any atom is -0.493 e. The van der Waals surface area contributed by atoms with E-state index in [9.17, 15) is 4.79 Å². The highest BCUT2D eigenvalue weighted by molar-refractivity contribution is 9.13. The first-order valence-electron chi connectivity index (χ1n) is 6.05. The smallest absolute Gasteiger partial charge is 0.177 e. The number of aldehydes is 1. The molecule has 0 unspecified atom stereocenters. The predicted octanol–water partition coefficient (Wildman–Crippen LogP) is 5.92. The van der Waals surface area contributed by atoms with Gasteiger partial charge in [0.15, 0.2) is 17.8 Å². The van der Waals surface area contributed by atoms with Crippen LogP contribution in [0.25, 0.3) is 0 Å². The second kappa shape index (κ2) is 7.68. The van der Waals surface area contributed by atoms with Crippen molar-refractivity contribution in [1.29, 1.82) is 0 Å². The fourth-order valence-electron chi connectivity index (χ4n) is 1.76. The summed E-state index contributed by atoms with van der Waals surface area (Å²) in [6, 6.07) is 6.87. The Labute approximate surface area is 154 Å². The lowest BCUT2D eigenvalue weighted by Crippen LogP contribution is -2.00. The van der Waals surface area contributed by atoms with Crippen molar-refractivity contribution >= 4 is 61.3 Å². The van der Waals surface area contributed by atoms with E-state index in [1.807, 2.05) is 6.07 Å². The van der Waals surface area contributed by atoms with Gasteiger partial charge in [0.25, 0.3) is 0 Å². The number of halogens is 4. The van der Waals surface area contributed by atoms with Crippen LogP contribution in [-0.2, 0) is 6.61 Å². The summed E-state index contributed by atoms with van der Waals surface area (Å²) in [6.45, 7) is 0.277. The maximum atomic E-state index is 11.0. The number of benzene rings is 2. The van der Waals surface area contributed by atoms with Gasteiger partial charge in [-0.3, -0.25) is 4.79 Å². The minimum absolute atomic E-state index is 0.277. The second-order valence-electron chi connectivity index (χ2n) is 4.28. The quantitative estimate of drug-likeness (QED) is 0.511. The molecule has 0 bridgehead atoms. The molecule has 7 heteroatoms. The standard InChI is InChI=1S/C15H10Br2Cl2O3/c1-21-12-5-9(6-20)13(16)14(17)15(12)22-7-8-2-3-10(18)11(19)4-8/h2-6H,7H2,1H3. The van der Waals surface area contributed by atoms with Gasteiger partial charge in [0.05, 0.1) is 21.6 Å². The Morgan fingerprint density at radius 2 is 1.86 bits per heavy atom. The van der Waals surface area contributed by atoms with Crippen molar-refractivity contribution in [1.82, 2.24) is 0 Å². The van der Waals surface area contributed by atoms with Crippen LogP contribution < -0.4 is 9.47 Å².